The first-order valence-corrected chi connectivity index (χ1v) is 7.39. The summed E-state index contributed by atoms with van der Waals surface area (Å²) in [6, 6.07) is 2.78. The van der Waals surface area contributed by atoms with Gasteiger partial charge in [0, 0.05) is 6.54 Å². The predicted molar refractivity (Wildman–Crippen MR) is 58.3 cm³/mol. The van der Waals surface area contributed by atoms with Gasteiger partial charge in [-0.15, -0.1) is 6.58 Å². The Morgan fingerprint density at radius 2 is 1.92 bits per heavy atom. The van der Waals surface area contributed by atoms with Crippen molar-refractivity contribution in [3.8, 4) is 0 Å². The average Bonchev–Trinajstić information content (AvgIpc) is 1.99. The van der Waals surface area contributed by atoms with E-state index in [1.165, 1.54) is 38.1 Å². The van der Waals surface area contributed by atoms with Crippen LogP contribution in [0.25, 0.3) is 0 Å². The van der Waals surface area contributed by atoms with Crippen LogP contribution in [0.4, 0.5) is 0 Å². The van der Waals surface area contributed by atoms with Crippen LogP contribution in [0.5, 0.6) is 0 Å². The van der Waals surface area contributed by atoms with Gasteiger partial charge >= 0.3 is 0 Å². The Kier molecular flexibility index (Phi) is 4.02. The van der Waals surface area contributed by atoms with Gasteiger partial charge in [0.2, 0.25) is 0 Å². The second kappa shape index (κ2) is 4.82. The van der Waals surface area contributed by atoms with Crippen LogP contribution < -0.4 is 0 Å². The Morgan fingerprint density at radius 3 is 2.25 bits per heavy atom. The van der Waals surface area contributed by atoms with Gasteiger partial charge in [-0.2, -0.15) is 0 Å². The molecule has 0 amide bonds. The molecule has 12 heavy (non-hydrogen) atoms. The van der Waals surface area contributed by atoms with E-state index in [4.69, 9.17) is 0 Å². The fourth-order valence-corrected chi connectivity index (χ4v) is 4.07. The smallest absolute Gasteiger partial charge is 0.0660 e. The van der Waals surface area contributed by atoms with Gasteiger partial charge in [-0.25, -0.2) is 0 Å². The molecule has 0 aliphatic carbocycles. The number of rotatable bonds is 5. The van der Waals surface area contributed by atoms with Gasteiger partial charge in [0.15, 0.2) is 0 Å². The highest BCUT2D eigenvalue weighted by Crippen LogP contribution is 2.13. The zero-order valence-electron chi connectivity index (χ0n) is 8.47. The Balaban J connectivity index is 2.24. The maximum atomic E-state index is 4.24. The monoisotopic (exact) mass is 183 g/mol. The van der Waals surface area contributed by atoms with Crippen LogP contribution in [-0.2, 0) is 0 Å². The number of likely N-dealkylation sites (tertiary alicyclic amines) is 1. The summed E-state index contributed by atoms with van der Waals surface area (Å²) in [5.41, 5.74) is 0. The Morgan fingerprint density at radius 1 is 1.33 bits per heavy atom. The SMILES string of the molecule is C=C(CN1CCC1)[SiH](CC)CC. The summed E-state index contributed by atoms with van der Waals surface area (Å²) in [5, 5.41) is 1.58. The largest absolute Gasteiger partial charge is 0.300 e. The fourth-order valence-electron chi connectivity index (χ4n) is 1.82. The van der Waals surface area contributed by atoms with E-state index in [-0.39, 0.29) is 0 Å². The predicted octanol–water partition coefficient (Wildman–Crippen LogP) is 2.05. The van der Waals surface area contributed by atoms with Crippen LogP contribution in [0.1, 0.15) is 20.3 Å². The van der Waals surface area contributed by atoms with Gasteiger partial charge in [-0.1, -0.05) is 31.1 Å². The summed E-state index contributed by atoms with van der Waals surface area (Å²) in [7, 11) is -0.559. The molecule has 0 aromatic heterocycles. The van der Waals surface area contributed by atoms with Crippen LogP contribution >= 0.6 is 0 Å². The van der Waals surface area contributed by atoms with Gasteiger partial charge in [-0.05, 0) is 19.5 Å². The van der Waals surface area contributed by atoms with Crippen molar-refractivity contribution in [1.29, 1.82) is 0 Å². The number of hydrogen-bond acceptors (Lipinski definition) is 1. The first-order valence-electron chi connectivity index (χ1n) is 5.18. The first-order chi connectivity index (χ1) is 5.77. The lowest BCUT2D eigenvalue weighted by molar-refractivity contribution is 0.201. The quantitative estimate of drug-likeness (QED) is 0.590. The number of nitrogens with zero attached hydrogens (tertiary/aromatic N) is 1. The molecule has 0 aromatic carbocycles. The highest BCUT2D eigenvalue weighted by molar-refractivity contribution is 6.66. The van der Waals surface area contributed by atoms with Crippen LogP contribution in [0.2, 0.25) is 12.1 Å². The van der Waals surface area contributed by atoms with Crippen LogP contribution in [0, 0.1) is 0 Å². The maximum Gasteiger partial charge on any atom is 0.0660 e. The van der Waals surface area contributed by atoms with Crippen LogP contribution in [0.15, 0.2) is 11.8 Å². The third-order valence-corrected chi connectivity index (χ3v) is 6.25. The Labute approximate surface area is 78.1 Å². The van der Waals surface area contributed by atoms with Gasteiger partial charge in [0.1, 0.15) is 0 Å². The molecule has 70 valence electrons. The van der Waals surface area contributed by atoms with E-state index in [2.05, 4.69) is 25.3 Å². The minimum absolute atomic E-state index is 0.559. The third-order valence-electron chi connectivity index (χ3n) is 2.94. The van der Waals surface area contributed by atoms with Crippen molar-refractivity contribution in [2.24, 2.45) is 0 Å². The molecular weight excluding hydrogens is 162 g/mol. The molecule has 0 N–H and O–H groups in total. The van der Waals surface area contributed by atoms with E-state index in [1.54, 1.807) is 5.20 Å². The lowest BCUT2D eigenvalue weighted by atomic mass is 10.2. The van der Waals surface area contributed by atoms with E-state index in [0.717, 1.165) is 0 Å². The van der Waals surface area contributed by atoms with Crippen LogP contribution in [0.3, 0.4) is 0 Å². The molecule has 1 aliphatic heterocycles. The standard InChI is InChI=1S/C10H21NSi/c1-4-12(5-2)10(3)9-11-7-6-8-11/h12H,3-9H2,1-2H3. The lowest BCUT2D eigenvalue weighted by Crippen LogP contribution is -2.40. The molecule has 0 spiro atoms. The highest BCUT2D eigenvalue weighted by atomic mass is 28.3. The second-order valence-electron chi connectivity index (χ2n) is 3.80. The van der Waals surface area contributed by atoms with Gasteiger partial charge in [0.05, 0.1) is 8.80 Å². The van der Waals surface area contributed by atoms with E-state index in [0.29, 0.717) is 0 Å². The highest BCUT2D eigenvalue weighted by Gasteiger charge is 2.17. The zero-order valence-corrected chi connectivity index (χ0v) is 9.63. The molecule has 0 unspecified atom stereocenters. The molecule has 0 bridgehead atoms. The molecule has 1 aliphatic rings. The topological polar surface area (TPSA) is 3.24 Å². The van der Waals surface area contributed by atoms with Crippen LogP contribution in [-0.4, -0.2) is 33.3 Å². The molecule has 1 nitrogen and oxygen atoms in total. The fraction of sp³-hybridized carbons (Fsp3) is 0.800. The number of hydrogen-bond donors (Lipinski definition) is 0. The van der Waals surface area contributed by atoms with E-state index in [9.17, 15) is 0 Å². The Bertz CT molecular complexity index is 148. The van der Waals surface area contributed by atoms with Crippen molar-refractivity contribution in [3.05, 3.63) is 11.8 Å². The molecule has 1 fully saturated rings. The minimum Gasteiger partial charge on any atom is -0.300 e. The summed E-state index contributed by atoms with van der Waals surface area (Å²) in [6.45, 7) is 12.7. The van der Waals surface area contributed by atoms with Crippen molar-refractivity contribution in [2.45, 2.75) is 32.4 Å². The van der Waals surface area contributed by atoms with E-state index < -0.39 is 8.80 Å². The summed E-state index contributed by atoms with van der Waals surface area (Å²) >= 11 is 0. The minimum atomic E-state index is -0.559. The molecule has 0 atom stereocenters. The van der Waals surface area contributed by atoms with Crippen molar-refractivity contribution < 1.29 is 0 Å². The lowest BCUT2D eigenvalue weighted by Gasteiger charge is -2.32. The summed E-state index contributed by atoms with van der Waals surface area (Å²) in [6.07, 6.45) is 1.40. The van der Waals surface area contributed by atoms with Crippen molar-refractivity contribution >= 4 is 8.80 Å². The van der Waals surface area contributed by atoms with E-state index >= 15 is 0 Å². The zero-order chi connectivity index (χ0) is 8.97. The molecule has 1 rings (SSSR count). The van der Waals surface area contributed by atoms with E-state index in [1.807, 2.05) is 0 Å². The molecule has 0 radical (unpaired) electrons. The molecule has 1 saturated heterocycles. The van der Waals surface area contributed by atoms with Gasteiger partial charge in [-0.3, -0.25) is 4.90 Å². The summed E-state index contributed by atoms with van der Waals surface area (Å²) in [4.78, 5) is 2.52. The normalized spacial score (nSPS) is 17.9. The molecular formula is C10H21NSi. The molecule has 0 saturated carbocycles. The van der Waals surface area contributed by atoms with Gasteiger partial charge < -0.3 is 0 Å². The molecule has 0 aromatic rings. The average molecular weight is 183 g/mol. The van der Waals surface area contributed by atoms with Crippen molar-refractivity contribution in [3.63, 3.8) is 0 Å². The Hall–Kier alpha value is -0.0831. The first kappa shape index (κ1) is 10.0. The maximum absolute atomic E-state index is 4.24. The summed E-state index contributed by atoms with van der Waals surface area (Å²) < 4.78 is 0. The second-order valence-corrected chi connectivity index (χ2v) is 7.64. The van der Waals surface area contributed by atoms with Crippen molar-refractivity contribution in [2.75, 3.05) is 19.6 Å². The van der Waals surface area contributed by atoms with Crippen molar-refractivity contribution in [1.82, 2.24) is 4.90 Å². The van der Waals surface area contributed by atoms with Gasteiger partial charge in [0.25, 0.3) is 0 Å². The summed E-state index contributed by atoms with van der Waals surface area (Å²) in [5.74, 6) is 0. The molecule has 2 heteroatoms. The third kappa shape index (κ3) is 2.46. The molecule has 1 heterocycles.